The van der Waals surface area contributed by atoms with Crippen molar-refractivity contribution >= 4 is 35.0 Å². The molecule has 48 heavy (non-hydrogen) atoms. The zero-order valence-corrected chi connectivity index (χ0v) is 25.8. The molecule has 3 aromatic heterocycles. The van der Waals surface area contributed by atoms with Crippen LogP contribution in [0, 0.1) is 0 Å². The Balaban J connectivity index is 1.07. The van der Waals surface area contributed by atoms with Gasteiger partial charge in [0.1, 0.15) is 0 Å². The van der Waals surface area contributed by atoms with Crippen LogP contribution in [0.4, 0.5) is 18.9 Å². The van der Waals surface area contributed by atoms with Gasteiger partial charge in [-0.1, -0.05) is 17.7 Å². The molecule has 4 heterocycles. The van der Waals surface area contributed by atoms with Crippen LogP contribution < -0.4 is 27.0 Å². The van der Waals surface area contributed by atoms with E-state index in [1.54, 1.807) is 6.07 Å². The molecule has 252 valence electrons. The van der Waals surface area contributed by atoms with E-state index in [0.717, 1.165) is 6.20 Å². The first-order chi connectivity index (χ1) is 22.8. The Hall–Kier alpha value is -5.00. The number of H-pyrrole nitrogens is 2. The Morgan fingerprint density at radius 2 is 1.88 bits per heavy atom. The minimum atomic E-state index is -4.82. The Morgan fingerprint density at radius 3 is 2.52 bits per heavy atom. The third kappa shape index (κ3) is 7.12. The Labute approximate surface area is 275 Å². The van der Waals surface area contributed by atoms with Crippen molar-refractivity contribution in [3.05, 3.63) is 70.4 Å². The van der Waals surface area contributed by atoms with Crippen molar-refractivity contribution in [2.75, 3.05) is 18.8 Å². The number of hydrogen-bond acceptors (Lipinski definition) is 9. The number of amides is 3. The van der Waals surface area contributed by atoms with Gasteiger partial charge in [-0.25, -0.2) is 4.98 Å². The molecule has 2 aliphatic rings. The molecule has 0 radical (unpaired) electrons. The summed E-state index contributed by atoms with van der Waals surface area (Å²) < 4.78 is 41.5. The summed E-state index contributed by atoms with van der Waals surface area (Å²) in [5.74, 6) is -1.62. The second-order valence-electron chi connectivity index (χ2n) is 11.7. The second kappa shape index (κ2) is 12.9. The van der Waals surface area contributed by atoms with Gasteiger partial charge >= 0.3 is 6.18 Å². The average Bonchev–Trinajstić information content (AvgIpc) is 3.41. The van der Waals surface area contributed by atoms with Crippen LogP contribution in [0.25, 0.3) is 22.6 Å². The molecule has 0 unspecified atom stereocenters. The standard InChI is InChI=1S/C30H30ClF3N10O4/c31-18-7-14(1-3-17(18)26(46)40-13-29(5-6-29)42-27(47)20-8-16(45)11-37-20)9-39-28(48)25-38-12-21(41-25)22-23(19-4-2-15(35)10-36-19)43-44-24(22)30(32,33)34/h1-4,7,10,12,16,20,37,45H,5-6,8-9,11,13,35H2,(H,38,41)(H,39,48)(H,40,46)(H,42,47)(H,43,44)/t16-,20+/m1/s1. The number of aromatic nitrogens is 5. The lowest BCUT2D eigenvalue weighted by Gasteiger charge is -2.21. The third-order valence-electron chi connectivity index (χ3n) is 8.12. The summed E-state index contributed by atoms with van der Waals surface area (Å²) in [7, 11) is 0. The minimum Gasteiger partial charge on any atom is -0.397 e. The van der Waals surface area contributed by atoms with Crippen molar-refractivity contribution in [2.24, 2.45) is 0 Å². The smallest absolute Gasteiger partial charge is 0.397 e. The Kier molecular flexibility index (Phi) is 8.84. The number of pyridine rings is 1. The summed E-state index contributed by atoms with van der Waals surface area (Å²) in [5, 5.41) is 26.9. The Morgan fingerprint density at radius 1 is 1.08 bits per heavy atom. The van der Waals surface area contributed by atoms with Crippen molar-refractivity contribution in [3.8, 4) is 22.6 Å². The molecule has 9 N–H and O–H groups in total. The van der Waals surface area contributed by atoms with Crippen molar-refractivity contribution in [1.82, 2.24) is 46.4 Å². The van der Waals surface area contributed by atoms with Crippen LogP contribution in [0.15, 0.2) is 42.7 Å². The molecule has 2 atom stereocenters. The van der Waals surface area contributed by atoms with E-state index < -0.39 is 41.4 Å². The van der Waals surface area contributed by atoms with Crippen molar-refractivity contribution in [1.29, 1.82) is 0 Å². The molecule has 14 nitrogen and oxygen atoms in total. The van der Waals surface area contributed by atoms with Crippen LogP contribution in [0.1, 0.15) is 51.5 Å². The molecule has 0 spiro atoms. The van der Waals surface area contributed by atoms with Gasteiger partial charge in [0.15, 0.2) is 11.5 Å². The number of carbonyl (C=O) groups excluding carboxylic acids is 3. The average molecular weight is 687 g/mol. The van der Waals surface area contributed by atoms with Crippen molar-refractivity contribution in [2.45, 2.75) is 49.7 Å². The zero-order valence-electron chi connectivity index (χ0n) is 25.0. The SMILES string of the molecule is Nc1ccc(-c2[nH]nc(C(F)(F)F)c2-c2cnc(C(=O)NCc3ccc(C(=O)NCC4(NC(=O)[C@@H]5C[C@@H](O)CN5)CC4)c(Cl)c3)[nH]2)nc1. The van der Waals surface area contributed by atoms with Crippen LogP contribution in [-0.4, -0.2) is 78.8 Å². The van der Waals surface area contributed by atoms with Crippen LogP contribution in [0.2, 0.25) is 5.02 Å². The number of β-amino-alcohol motifs (C(OH)–C–C–N with tert-alkyl or cyclic N) is 1. The molecule has 3 amide bonds. The first-order valence-corrected chi connectivity index (χ1v) is 15.2. The van der Waals surface area contributed by atoms with E-state index in [2.05, 4.69) is 46.4 Å². The fourth-order valence-corrected chi connectivity index (χ4v) is 5.63. The molecule has 4 aromatic rings. The van der Waals surface area contributed by atoms with E-state index >= 15 is 0 Å². The number of nitrogens with one attached hydrogen (secondary N) is 6. The topological polar surface area (TPSA) is 216 Å². The van der Waals surface area contributed by atoms with Crippen LogP contribution in [-0.2, 0) is 17.5 Å². The van der Waals surface area contributed by atoms with Crippen LogP contribution >= 0.6 is 11.6 Å². The molecular formula is C30H30ClF3N10O4. The fourth-order valence-electron chi connectivity index (χ4n) is 5.34. The molecule has 2 fully saturated rings. The number of aliphatic hydroxyl groups is 1. The highest BCUT2D eigenvalue weighted by atomic mass is 35.5. The number of benzene rings is 1. The molecule has 6 rings (SSSR count). The maximum atomic E-state index is 13.8. The monoisotopic (exact) mass is 686 g/mol. The summed E-state index contributed by atoms with van der Waals surface area (Å²) >= 11 is 6.39. The van der Waals surface area contributed by atoms with Gasteiger partial charge in [0.2, 0.25) is 5.91 Å². The molecular weight excluding hydrogens is 657 g/mol. The largest absolute Gasteiger partial charge is 0.435 e. The number of aliphatic hydroxyl groups excluding tert-OH is 1. The molecule has 18 heteroatoms. The molecule has 1 aliphatic heterocycles. The summed E-state index contributed by atoms with van der Waals surface area (Å²) in [5.41, 5.74) is 4.55. The maximum absolute atomic E-state index is 13.8. The number of anilines is 1. The van der Waals surface area contributed by atoms with Crippen molar-refractivity contribution < 1.29 is 32.7 Å². The second-order valence-corrected chi connectivity index (χ2v) is 12.1. The predicted octanol–water partition coefficient (Wildman–Crippen LogP) is 2.15. The molecule has 1 saturated heterocycles. The number of carbonyl (C=O) groups is 3. The van der Waals surface area contributed by atoms with Crippen LogP contribution in [0.3, 0.4) is 0 Å². The fraction of sp³-hybridized carbons (Fsp3) is 0.333. The number of alkyl halides is 3. The van der Waals surface area contributed by atoms with E-state index in [9.17, 15) is 32.7 Å². The van der Waals surface area contributed by atoms with Gasteiger partial charge in [-0.2, -0.15) is 18.3 Å². The third-order valence-corrected chi connectivity index (χ3v) is 8.43. The van der Waals surface area contributed by atoms with Gasteiger partial charge in [-0.3, -0.25) is 24.5 Å². The first-order valence-electron chi connectivity index (χ1n) is 14.8. The number of halogens is 4. The summed E-state index contributed by atoms with van der Waals surface area (Å²) in [4.78, 5) is 48.9. The quantitative estimate of drug-likeness (QED) is 0.122. The zero-order chi connectivity index (χ0) is 34.2. The van der Waals surface area contributed by atoms with E-state index in [4.69, 9.17) is 17.3 Å². The van der Waals surface area contributed by atoms with Gasteiger partial charge < -0.3 is 37.1 Å². The lowest BCUT2D eigenvalue weighted by atomic mass is 10.1. The summed E-state index contributed by atoms with van der Waals surface area (Å²) in [6.07, 6.45) is -1.28. The van der Waals surface area contributed by atoms with E-state index in [1.165, 1.54) is 30.5 Å². The number of rotatable bonds is 10. The van der Waals surface area contributed by atoms with Gasteiger partial charge in [-0.15, -0.1) is 0 Å². The highest BCUT2D eigenvalue weighted by molar-refractivity contribution is 6.33. The van der Waals surface area contributed by atoms with Crippen LogP contribution in [0.5, 0.6) is 0 Å². The van der Waals surface area contributed by atoms with E-state index in [0.29, 0.717) is 37.1 Å². The van der Waals surface area contributed by atoms with Gasteiger partial charge in [0, 0.05) is 19.6 Å². The van der Waals surface area contributed by atoms with Crippen molar-refractivity contribution in [3.63, 3.8) is 0 Å². The summed E-state index contributed by atoms with van der Waals surface area (Å²) in [6, 6.07) is 7.02. The highest BCUT2D eigenvalue weighted by Crippen LogP contribution is 2.40. The first kappa shape index (κ1) is 32.9. The van der Waals surface area contributed by atoms with Gasteiger partial charge in [0.05, 0.1) is 69.0 Å². The molecule has 1 aromatic carbocycles. The Bertz CT molecular complexity index is 1860. The number of hydrogen-bond donors (Lipinski definition) is 8. The normalized spacial score (nSPS) is 18.4. The predicted molar refractivity (Wildman–Crippen MR) is 166 cm³/mol. The maximum Gasteiger partial charge on any atom is 0.435 e. The van der Waals surface area contributed by atoms with E-state index in [1.807, 2.05) is 0 Å². The highest BCUT2D eigenvalue weighted by Gasteiger charge is 2.46. The number of nitrogens with two attached hydrogens (primary N) is 1. The molecule has 1 saturated carbocycles. The number of nitrogen functional groups attached to an aromatic ring is 1. The number of imidazole rings is 1. The van der Waals surface area contributed by atoms with Gasteiger partial charge in [-0.05, 0) is 49.1 Å². The lowest BCUT2D eigenvalue weighted by molar-refractivity contribution is -0.140. The minimum absolute atomic E-state index is 0.0321. The van der Waals surface area contributed by atoms with E-state index in [-0.39, 0.29) is 58.1 Å². The molecule has 0 bridgehead atoms. The summed E-state index contributed by atoms with van der Waals surface area (Å²) in [6.45, 7) is 0.524. The lowest BCUT2D eigenvalue weighted by Crippen LogP contribution is -2.51. The molecule has 1 aliphatic carbocycles. The number of nitrogens with zero attached hydrogens (tertiary/aromatic N) is 3. The van der Waals surface area contributed by atoms with Gasteiger partial charge in [0.25, 0.3) is 11.8 Å². The number of aromatic amines is 2.